The van der Waals surface area contributed by atoms with Gasteiger partial charge in [-0.1, -0.05) is 26.0 Å². The van der Waals surface area contributed by atoms with Crippen LogP contribution in [0.5, 0.6) is 5.75 Å². The molecule has 0 aliphatic carbocycles. The summed E-state index contributed by atoms with van der Waals surface area (Å²) in [5.74, 6) is 0.649. The number of hydrogen-bond acceptors (Lipinski definition) is 3. The second-order valence-corrected chi connectivity index (χ2v) is 5.79. The summed E-state index contributed by atoms with van der Waals surface area (Å²) in [6.45, 7) is 8.37. The highest BCUT2D eigenvalue weighted by Gasteiger charge is 2.48. The Morgan fingerprint density at radius 1 is 1.18 bits per heavy atom. The zero-order valence-corrected chi connectivity index (χ0v) is 13.7. The van der Waals surface area contributed by atoms with Gasteiger partial charge in [-0.05, 0) is 43.9 Å². The predicted molar refractivity (Wildman–Crippen MR) is 85.0 cm³/mol. The fraction of sp³-hybridized carbons (Fsp3) is 0.529. The molecule has 5 heteroatoms. The molecule has 1 fully saturated rings. The number of nitrogens with zero attached hydrogens (tertiary/aromatic N) is 1. The van der Waals surface area contributed by atoms with Gasteiger partial charge >= 0.3 is 6.03 Å². The van der Waals surface area contributed by atoms with Crippen LogP contribution in [0.4, 0.5) is 4.79 Å². The average Bonchev–Trinajstić information content (AvgIpc) is 2.75. The molecule has 0 radical (unpaired) electrons. The molecule has 1 N–H and O–H groups in total. The van der Waals surface area contributed by atoms with Crippen LogP contribution >= 0.6 is 0 Å². The topological polar surface area (TPSA) is 58.6 Å². The third-order valence-electron chi connectivity index (χ3n) is 4.37. The van der Waals surface area contributed by atoms with Crippen LogP contribution in [0.2, 0.25) is 0 Å². The normalized spacial score (nSPS) is 16.8. The van der Waals surface area contributed by atoms with Gasteiger partial charge in [-0.3, -0.25) is 9.69 Å². The number of nitrogens with one attached hydrogen (secondary N) is 1. The van der Waals surface area contributed by atoms with Crippen molar-refractivity contribution in [3.63, 3.8) is 0 Å². The smallest absolute Gasteiger partial charge is 0.325 e. The first kappa shape index (κ1) is 16.3. The molecular weight excluding hydrogens is 280 g/mol. The quantitative estimate of drug-likeness (QED) is 0.822. The Kier molecular flexibility index (Phi) is 4.74. The van der Waals surface area contributed by atoms with Crippen molar-refractivity contribution in [2.45, 2.75) is 46.1 Å². The second kappa shape index (κ2) is 6.38. The maximum atomic E-state index is 12.5. The van der Waals surface area contributed by atoms with E-state index in [0.717, 1.165) is 16.9 Å². The fourth-order valence-electron chi connectivity index (χ4n) is 2.72. The molecule has 120 valence electrons. The van der Waals surface area contributed by atoms with Crippen molar-refractivity contribution in [3.05, 3.63) is 29.3 Å². The Labute approximate surface area is 131 Å². The molecule has 0 spiro atoms. The molecule has 5 nitrogen and oxygen atoms in total. The summed E-state index contributed by atoms with van der Waals surface area (Å²) in [6.07, 6.45) is 1.20. The monoisotopic (exact) mass is 304 g/mol. The van der Waals surface area contributed by atoms with Crippen LogP contribution in [0.1, 0.15) is 37.8 Å². The number of imide groups is 1. The third kappa shape index (κ3) is 2.93. The fourth-order valence-corrected chi connectivity index (χ4v) is 2.72. The molecule has 1 aromatic carbocycles. The summed E-state index contributed by atoms with van der Waals surface area (Å²) in [4.78, 5) is 25.7. The summed E-state index contributed by atoms with van der Waals surface area (Å²) < 4.78 is 5.74. The van der Waals surface area contributed by atoms with Crippen molar-refractivity contribution in [1.29, 1.82) is 0 Å². The van der Waals surface area contributed by atoms with Gasteiger partial charge in [0.2, 0.25) is 0 Å². The Morgan fingerprint density at radius 3 is 2.45 bits per heavy atom. The summed E-state index contributed by atoms with van der Waals surface area (Å²) in [5, 5.41) is 2.82. The van der Waals surface area contributed by atoms with Crippen molar-refractivity contribution in [2.24, 2.45) is 0 Å². The van der Waals surface area contributed by atoms with Gasteiger partial charge in [0.05, 0.1) is 6.54 Å². The van der Waals surface area contributed by atoms with Gasteiger partial charge in [-0.25, -0.2) is 4.79 Å². The largest absolute Gasteiger partial charge is 0.491 e. The molecule has 3 amide bonds. The number of carbonyl (C=O) groups is 2. The van der Waals surface area contributed by atoms with E-state index in [9.17, 15) is 9.59 Å². The Balaban J connectivity index is 1.99. The maximum Gasteiger partial charge on any atom is 0.325 e. The second-order valence-electron chi connectivity index (χ2n) is 5.79. The molecule has 0 saturated carbocycles. The lowest BCUT2D eigenvalue weighted by Crippen LogP contribution is -2.46. The first-order chi connectivity index (χ1) is 10.4. The molecule has 1 heterocycles. The van der Waals surface area contributed by atoms with Crippen molar-refractivity contribution in [2.75, 3.05) is 13.2 Å². The predicted octanol–water partition coefficient (Wildman–Crippen LogP) is 2.79. The van der Waals surface area contributed by atoms with Crippen LogP contribution in [-0.2, 0) is 4.79 Å². The first-order valence-electron chi connectivity index (χ1n) is 7.77. The molecule has 1 aliphatic rings. The number of ether oxygens (including phenoxy) is 1. The summed E-state index contributed by atoms with van der Waals surface area (Å²) in [5.41, 5.74) is 1.42. The molecule has 0 atom stereocenters. The van der Waals surface area contributed by atoms with Crippen LogP contribution in [-0.4, -0.2) is 35.5 Å². The molecular formula is C17H24N2O3. The Morgan fingerprint density at radius 2 is 1.86 bits per heavy atom. The Hall–Kier alpha value is -2.04. The molecule has 0 bridgehead atoms. The number of benzene rings is 1. The van der Waals surface area contributed by atoms with E-state index in [2.05, 4.69) is 5.32 Å². The van der Waals surface area contributed by atoms with E-state index in [0.29, 0.717) is 19.4 Å². The van der Waals surface area contributed by atoms with Crippen LogP contribution in [0, 0.1) is 13.8 Å². The lowest BCUT2D eigenvalue weighted by atomic mass is 9.93. The summed E-state index contributed by atoms with van der Waals surface area (Å²) >= 11 is 0. The highest BCUT2D eigenvalue weighted by atomic mass is 16.5. The van der Waals surface area contributed by atoms with Crippen molar-refractivity contribution in [1.82, 2.24) is 10.2 Å². The van der Waals surface area contributed by atoms with E-state index in [1.165, 1.54) is 4.90 Å². The summed E-state index contributed by atoms with van der Waals surface area (Å²) in [7, 11) is 0. The highest BCUT2D eigenvalue weighted by molar-refractivity contribution is 6.06. The van der Waals surface area contributed by atoms with E-state index in [1.54, 1.807) is 0 Å². The molecule has 0 aromatic heterocycles. The van der Waals surface area contributed by atoms with E-state index in [-0.39, 0.29) is 18.5 Å². The van der Waals surface area contributed by atoms with Gasteiger partial charge in [-0.2, -0.15) is 0 Å². The minimum atomic E-state index is -0.740. The standard InChI is InChI=1S/C17H24N2O3/c1-5-17(6-2)15(20)19(16(21)18-17)9-10-22-14-11-12(3)7-8-13(14)4/h7-8,11H,5-6,9-10H2,1-4H3,(H,18,21). The van der Waals surface area contributed by atoms with E-state index < -0.39 is 5.54 Å². The van der Waals surface area contributed by atoms with Gasteiger partial charge < -0.3 is 10.1 Å². The van der Waals surface area contributed by atoms with E-state index >= 15 is 0 Å². The average molecular weight is 304 g/mol. The van der Waals surface area contributed by atoms with Gasteiger partial charge in [0.15, 0.2) is 0 Å². The zero-order valence-electron chi connectivity index (χ0n) is 13.7. The van der Waals surface area contributed by atoms with Gasteiger partial charge in [0.25, 0.3) is 5.91 Å². The minimum absolute atomic E-state index is 0.146. The lowest BCUT2D eigenvalue weighted by molar-refractivity contribution is -0.131. The van der Waals surface area contributed by atoms with Crippen molar-refractivity contribution >= 4 is 11.9 Å². The third-order valence-corrected chi connectivity index (χ3v) is 4.37. The zero-order chi connectivity index (χ0) is 16.3. The molecule has 1 saturated heterocycles. The molecule has 1 aliphatic heterocycles. The number of carbonyl (C=O) groups excluding carboxylic acids is 2. The molecule has 1 aromatic rings. The van der Waals surface area contributed by atoms with Gasteiger partial charge in [-0.15, -0.1) is 0 Å². The maximum absolute atomic E-state index is 12.5. The molecule has 22 heavy (non-hydrogen) atoms. The number of amides is 3. The van der Waals surface area contributed by atoms with Gasteiger partial charge in [0, 0.05) is 0 Å². The van der Waals surface area contributed by atoms with Crippen LogP contribution in [0.3, 0.4) is 0 Å². The first-order valence-corrected chi connectivity index (χ1v) is 7.77. The minimum Gasteiger partial charge on any atom is -0.491 e. The SMILES string of the molecule is CCC1(CC)NC(=O)N(CCOc2cc(C)ccc2C)C1=O. The molecule has 0 unspecified atom stereocenters. The Bertz CT molecular complexity index is 579. The van der Waals surface area contributed by atoms with Crippen molar-refractivity contribution in [3.8, 4) is 5.75 Å². The summed E-state index contributed by atoms with van der Waals surface area (Å²) in [6, 6.07) is 5.66. The number of aryl methyl sites for hydroxylation is 2. The van der Waals surface area contributed by atoms with Gasteiger partial charge in [0.1, 0.15) is 17.9 Å². The van der Waals surface area contributed by atoms with Crippen LogP contribution in [0.25, 0.3) is 0 Å². The van der Waals surface area contributed by atoms with Crippen LogP contribution < -0.4 is 10.1 Å². The number of rotatable bonds is 6. The van der Waals surface area contributed by atoms with E-state index in [4.69, 9.17) is 4.74 Å². The number of hydrogen-bond donors (Lipinski definition) is 1. The number of urea groups is 1. The molecule has 2 rings (SSSR count). The lowest BCUT2D eigenvalue weighted by Gasteiger charge is -2.23. The highest BCUT2D eigenvalue weighted by Crippen LogP contribution is 2.25. The van der Waals surface area contributed by atoms with E-state index in [1.807, 2.05) is 45.9 Å². The van der Waals surface area contributed by atoms with Crippen molar-refractivity contribution < 1.29 is 14.3 Å². The van der Waals surface area contributed by atoms with Crippen LogP contribution in [0.15, 0.2) is 18.2 Å².